The smallest absolute Gasteiger partial charge is 0.390 e. The second-order valence-corrected chi connectivity index (χ2v) is 5.98. The lowest BCUT2D eigenvalue weighted by atomic mass is 10.1. The lowest BCUT2D eigenvalue weighted by Crippen LogP contribution is -2.34. The van der Waals surface area contributed by atoms with E-state index in [9.17, 15) is 32.3 Å². The zero-order valence-corrected chi connectivity index (χ0v) is 13.5. The molecule has 1 aliphatic rings. The highest BCUT2D eigenvalue weighted by atomic mass is 19.4. The molecule has 5 N–H and O–H groups in total. The number of aryl methyl sites for hydroxylation is 1. The van der Waals surface area contributed by atoms with E-state index in [-0.39, 0.29) is 0 Å². The summed E-state index contributed by atoms with van der Waals surface area (Å²) in [5.74, 6) is -0.447. The number of halogens is 4. The Balaban J connectivity index is 2.20. The molecule has 0 aliphatic carbocycles. The van der Waals surface area contributed by atoms with Gasteiger partial charge in [-0.3, -0.25) is 14.3 Å². The first-order valence-corrected chi connectivity index (χ1v) is 7.71. The van der Waals surface area contributed by atoms with Crippen LogP contribution in [0.2, 0.25) is 0 Å². The molecule has 0 spiro atoms. The van der Waals surface area contributed by atoms with Gasteiger partial charge in [0.1, 0.15) is 12.2 Å². The predicted molar refractivity (Wildman–Crippen MR) is 81.6 cm³/mol. The van der Waals surface area contributed by atoms with Crippen molar-refractivity contribution >= 4 is 17.1 Å². The van der Waals surface area contributed by atoms with E-state index in [2.05, 4.69) is 9.97 Å². The maximum Gasteiger partial charge on any atom is 0.390 e. The third-order valence-electron chi connectivity index (χ3n) is 4.17. The number of nitrogens with zero attached hydrogens (tertiary/aromatic N) is 3. The maximum absolute atomic E-state index is 14.0. The number of anilines is 1. The third-order valence-corrected chi connectivity index (χ3v) is 4.17. The SMILES string of the molecule is Nc1nc2c(c(=O)[nH]1)n(CCC(F)(F)F)c(=O)n2[C@@H]1O[C@H](CO)[C@@H](F)[C@H]1O. The molecule has 2 aromatic heterocycles. The second kappa shape index (κ2) is 6.61. The zero-order chi connectivity index (χ0) is 20.1. The number of aromatic amines is 1. The van der Waals surface area contributed by atoms with Gasteiger partial charge in [0.25, 0.3) is 5.56 Å². The molecule has 0 radical (unpaired) electrons. The minimum absolute atomic E-state index is 0.447. The molecule has 0 saturated carbocycles. The molecule has 1 fully saturated rings. The Labute approximate surface area is 146 Å². The van der Waals surface area contributed by atoms with Crippen LogP contribution in [0.3, 0.4) is 0 Å². The first kappa shape index (κ1) is 19.3. The van der Waals surface area contributed by atoms with Gasteiger partial charge in [-0.15, -0.1) is 0 Å². The number of imidazole rings is 1. The highest BCUT2D eigenvalue weighted by Gasteiger charge is 2.46. The van der Waals surface area contributed by atoms with Crippen LogP contribution in [0.4, 0.5) is 23.5 Å². The molecule has 3 heterocycles. The molecule has 2 aromatic rings. The van der Waals surface area contributed by atoms with Crippen molar-refractivity contribution in [2.45, 2.75) is 43.7 Å². The molecule has 27 heavy (non-hydrogen) atoms. The summed E-state index contributed by atoms with van der Waals surface area (Å²) in [7, 11) is 0. The molecule has 0 unspecified atom stereocenters. The molecule has 1 saturated heterocycles. The van der Waals surface area contributed by atoms with Crippen LogP contribution in [-0.2, 0) is 11.3 Å². The molecule has 1 aliphatic heterocycles. The van der Waals surface area contributed by atoms with E-state index in [1.807, 2.05) is 0 Å². The van der Waals surface area contributed by atoms with Crippen molar-refractivity contribution in [2.75, 3.05) is 12.3 Å². The fourth-order valence-corrected chi connectivity index (χ4v) is 2.94. The van der Waals surface area contributed by atoms with Crippen LogP contribution in [0.25, 0.3) is 11.2 Å². The zero-order valence-electron chi connectivity index (χ0n) is 13.5. The van der Waals surface area contributed by atoms with Crippen LogP contribution in [0, 0.1) is 0 Å². The first-order chi connectivity index (χ1) is 12.5. The Kier molecular flexibility index (Phi) is 4.73. The van der Waals surface area contributed by atoms with Crippen molar-refractivity contribution in [3.63, 3.8) is 0 Å². The predicted octanol–water partition coefficient (Wildman–Crippen LogP) is -0.990. The number of nitrogens with two attached hydrogens (primary N) is 1. The Hall–Kier alpha value is -2.45. The number of rotatable bonds is 4. The van der Waals surface area contributed by atoms with Gasteiger partial charge in [-0.25, -0.2) is 13.8 Å². The molecule has 3 rings (SSSR count). The number of aliphatic hydroxyl groups excluding tert-OH is 2. The van der Waals surface area contributed by atoms with E-state index >= 15 is 0 Å². The molecule has 150 valence electrons. The fraction of sp³-hybridized carbons (Fsp3) is 0.615. The van der Waals surface area contributed by atoms with E-state index in [0.29, 0.717) is 9.13 Å². The van der Waals surface area contributed by atoms with E-state index < -0.39 is 78.7 Å². The summed E-state index contributed by atoms with van der Waals surface area (Å²) >= 11 is 0. The Morgan fingerprint density at radius 3 is 2.56 bits per heavy atom. The number of aliphatic hydroxyl groups is 2. The average Bonchev–Trinajstić information content (AvgIpc) is 2.99. The van der Waals surface area contributed by atoms with Gasteiger partial charge in [0.15, 0.2) is 23.6 Å². The monoisotopic (exact) mass is 397 g/mol. The molecular formula is C13H15F4N5O5. The second-order valence-electron chi connectivity index (χ2n) is 5.98. The minimum Gasteiger partial charge on any atom is -0.394 e. The van der Waals surface area contributed by atoms with Crippen molar-refractivity contribution in [3.8, 4) is 0 Å². The standard InChI is InChI=1S/C13H15F4N5O5/c14-5-4(3-23)27-10(7(5)24)22-8-6(9(25)20-11(18)19-8)21(12(22)26)2-1-13(15,16)17/h4-5,7,10,23-24H,1-3H2,(H3,18,19,20,25)/t4-,5-,7-,10-/m1/s1. The number of hydrogen-bond acceptors (Lipinski definition) is 7. The number of nitrogens with one attached hydrogen (secondary N) is 1. The minimum atomic E-state index is -4.61. The van der Waals surface area contributed by atoms with E-state index in [1.165, 1.54) is 0 Å². The van der Waals surface area contributed by atoms with E-state index in [4.69, 9.17) is 15.6 Å². The summed E-state index contributed by atoms with van der Waals surface area (Å²) in [5.41, 5.74) is 2.26. The van der Waals surface area contributed by atoms with Crippen molar-refractivity contribution in [2.24, 2.45) is 0 Å². The van der Waals surface area contributed by atoms with Gasteiger partial charge in [0, 0.05) is 6.54 Å². The van der Waals surface area contributed by atoms with Crippen molar-refractivity contribution in [1.82, 2.24) is 19.1 Å². The summed E-state index contributed by atoms with van der Waals surface area (Å²) in [6, 6.07) is 0. The fourth-order valence-electron chi connectivity index (χ4n) is 2.94. The number of fused-ring (bicyclic) bond motifs is 1. The van der Waals surface area contributed by atoms with Gasteiger partial charge in [0.2, 0.25) is 5.95 Å². The van der Waals surface area contributed by atoms with E-state index in [0.717, 1.165) is 0 Å². The summed E-state index contributed by atoms with van der Waals surface area (Å²) in [6.07, 6.45) is -13.2. The number of hydrogen-bond donors (Lipinski definition) is 4. The normalized spacial score (nSPS) is 26.1. The van der Waals surface area contributed by atoms with Crippen LogP contribution >= 0.6 is 0 Å². The lowest BCUT2D eigenvalue weighted by molar-refractivity contribution is -0.136. The topological polar surface area (TPSA) is 148 Å². The van der Waals surface area contributed by atoms with Gasteiger partial charge in [-0.2, -0.15) is 18.2 Å². The van der Waals surface area contributed by atoms with Gasteiger partial charge in [-0.05, 0) is 0 Å². The van der Waals surface area contributed by atoms with Crippen molar-refractivity contribution < 1.29 is 32.5 Å². The van der Waals surface area contributed by atoms with Crippen molar-refractivity contribution in [3.05, 3.63) is 20.8 Å². The summed E-state index contributed by atoms with van der Waals surface area (Å²) in [6.45, 7) is -1.72. The average molecular weight is 397 g/mol. The highest BCUT2D eigenvalue weighted by Crippen LogP contribution is 2.32. The summed E-state index contributed by atoms with van der Waals surface area (Å²) in [5, 5.41) is 19.1. The largest absolute Gasteiger partial charge is 0.394 e. The van der Waals surface area contributed by atoms with Gasteiger partial charge in [0.05, 0.1) is 13.0 Å². The first-order valence-electron chi connectivity index (χ1n) is 7.71. The van der Waals surface area contributed by atoms with Crippen LogP contribution in [0.1, 0.15) is 12.6 Å². The number of ether oxygens (including phenoxy) is 1. The molecule has 10 nitrogen and oxygen atoms in total. The number of aromatic nitrogens is 4. The molecular weight excluding hydrogens is 382 g/mol. The number of alkyl halides is 4. The maximum atomic E-state index is 14.0. The summed E-state index contributed by atoms with van der Waals surface area (Å²) < 4.78 is 57.9. The number of nitrogen functional groups attached to an aromatic ring is 1. The molecule has 0 bridgehead atoms. The molecule has 0 amide bonds. The van der Waals surface area contributed by atoms with Crippen LogP contribution in [0.5, 0.6) is 0 Å². The third kappa shape index (κ3) is 3.30. The Morgan fingerprint density at radius 2 is 2.00 bits per heavy atom. The molecule has 0 aromatic carbocycles. The summed E-state index contributed by atoms with van der Waals surface area (Å²) in [4.78, 5) is 30.6. The highest BCUT2D eigenvalue weighted by molar-refractivity contribution is 5.71. The Morgan fingerprint density at radius 1 is 1.33 bits per heavy atom. The molecule has 14 heteroatoms. The van der Waals surface area contributed by atoms with Crippen LogP contribution in [0.15, 0.2) is 9.59 Å². The molecule has 4 atom stereocenters. The Bertz CT molecular complexity index is 967. The van der Waals surface area contributed by atoms with Gasteiger partial charge in [-0.1, -0.05) is 0 Å². The van der Waals surface area contributed by atoms with Gasteiger partial charge >= 0.3 is 11.9 Å². The quantitative estimate of drug-likeness (QED) is 0.484. The lowest BCUT2D eigenvalue weighted by Gasteiger charge is -2.15. The van der Waals surface area contributed by atoms with E-state index in [1.54, 1.807) is 0 Å². The van der Waals surface area contributed by atoms with Crippen LogP contribution in [-0.4, -0.2) is 60.5 Å². The van der Waals surface area contributed by atoms with Gasteiger partial charge < -0.3 is 20.7 Å². The number of H-pyrrole nitrogens is 1. The van der Waals surface area contributed by atoms with Crippen LogP contribution < -0.4 is 17.0 Å². The van der Waals surface area contributed by atoms with Crippen molar-refractivity contribution in [1.29, 1.82) is 0 Å².